The Hall–Kier alpha value is -1.22. The van der Waals surface area contributed by atoms with Crippen LogP contribution in [0.5, 0.6) is 5.75 Å². The van der Waals surface area contributed by atoms with Gasteiger partial charge in [-0.05, 0) is 23.8 Å². The maximum absolute atomic E-state index is 5.12. The minimum Gasteiger partial charge on any atom is -0.497 e. The van der Waals surface area contributed by atoms with Crippen LogP contribution in [0.2, 0.25) is 0 Å². The second-order valence-electron chi connectivity index (χ2n) is 2.80. The van der Waals surface area contributed by atoms with Gasteiger partial charge in [0, 0.05) is 12.2 Å². The zero-order valence-electron chi connectivity index (χ0n) is 7.05. The second-order valence-corrected chi connectivity index (χ2v) is 2.80. The number of hydrogen-bond acceptors (Lipinski definition) is 3. The van der Waals surface area contributed by atoms with Gasteiger partial charge in [-0.2, -0.15) is 0 Å². The minimum atomic E-state index is 0.847. The van der Waals surface area contributed by atoms with E-state index in [-0.39, 0.29) is 0 Å². The van der Waals surface area contributed by atoms with Crippen LogP contribution in [0.1, 0.15) is 5.56 Å². The average molecular weight is 164 g/mol. The molecule has 3 heteroatoms. The third-order valence-corrected chi connectivity index (χ3v) is 2.03. The predicted molar refractivity (Wildman–Crippen MR) is 48.3 cm³/mol. The SMILES string of the molecule is COc1ccc2c(c1)CNCN2. The van der Waals surface area contributed by atoms with Crippen molar-refractivity contribution in [3.63, 3.8) is 0 Å². The molecule has 0 bridgehead atoms. The van der Waals surface area contributed by atoms with Crippen molar-refractivity contribution in [3.8, 4) is 5.75 Å². The molecule has 2 rings (SSSR count). The second kappa shape index (κ2) is 3.03. The third-order valence-electron chi connectivity index (χ3n) is 2.03. The van der Waals surface area contributed by atoms with Crippen molar-refractivity contribution >= 4 is 5.69 Å². The summed E-state index contributed by atoms with van der Waals surface area (Å²) >= 11 is 0. The molecule has 1 aromatic carbocycles. The van der Waals surface area contributed by atoms with E-state index in [1.807, 2.05) is 6.07 Å². The Balaban J connectivity index is 2.36. The summed E-state index contributed by atoms with van der Waals surface area (Å²) in [5.74, 6) is 0.916. The van der Waals surface area contributed by atoms with E-state index in [1.165, 1.54) is 11.3 Å². The van der Waals surface area contributed by atoms with Crippen LogP contribution < -0.4 is 15.4 Å². The molecule has 0 amide bonds. The van der Waals surface area contributed by atoms with Crippen LogP contribution in [-0.2, 0) is 6.54 Å². The molecule has 0 saturated carbocycles. The van der Waals surface area contributed by atoms with Crippen molar-refractivity contribution in [3.05, 3.63) is 23.8 Å². The molecule has 0 radical (unpaired) electrons. The lowest BCUT2D eigenvalue weighted by atomic mass is 10.1. The van der Waals surface area contributed by atoms with Gasteiger partial charge in [-0.1, -0.05) is 0 Å². The lowest BCUT2D eigenvalue weighted by Gasteiger charge is -2.19. The fraction of sp³-hybridized carbons (Fsp3) is 0.333. The van der Waals surface area contributed by atoms with Crippen LogP contribution in [0, 0.1) is 0 Å². The number of ether oxygens (including phenoxy) is 1. The molecule has 0 aromatic heterocycles. The van der Waals surface area contributed by atoms with E-state index < -0.39 is 0 Å². The number of methoxy groups -OCH3 is 1. The van der Waals surface area contributed by atoms with E-state index in [4.69, 9.17) is 4.74 Å². The van der Waals surface area contributed by atoms with Crippen LogP contribution in [0.25, 0.3) is 0 Å². The molecular weight excluding hydrogens is 152 g/mol. The highest BCUT2D eigenvalue weighted by atomic mass is 16.5. The molecule has 1 heterocycles. The molecular formula is C9H12N2O. The summed E-state index contributed by atoms with van der Waals surface area (Å²) in [6.45, 7) is 1.76. The molecule has 0 fully saturated rings. The van der Waals surface area contributed by atoms with Crippen LogP contribution >= 0.6 is 0 Å². The lowest BCUT2D eigenvalue weighted by Crippen LogP contribution is -2.27. The first-order valence-corrected chi connectivity index (χ1v) is 4.01. The summed E-state index contributed by atoms with van der Waals surface area (Å²) in [7, 11) is 1.69. The van der Waals surface area contributed by atoms with Gasteiger partial charge in [-0.25, -0.2) is 0 Å². The van der Waals surface area contributed by atoms with Crippen LogP contribution in [0.4, 0.5) is 5.69 Å². The van der Waals surface area contributed by atoms with E-state index >= 15 is 0 Å². The highest BCUT2D eigenvalue weighted by Crippen LogP contribution is 2.23. The number of rotatable bonds is 1. The zero-order valence-corrected chi connectivity index (χ0v) is 7.05. The molecule has 2 N–H and O–H groups in total. The molecule has 12 heavy (non-hydrogen) atoms. The Bertz CT molecular complexity index is 286. The van der Waals surface area contributed by atoms with Crippen LogP contribution in [-0.4, -0.2) is 13.8 Å². The van der Waals surface area contributed by atoms with Crippen molar-refractivity contribution in [1.29, 1.82) is 0 Å². The van der Waals surface area contributed by atoms with Gasteiger partial charge < -0.3 is 10.1 Å². The number of hydrogen-bond donors (Lipinski definition) is 2. The summed E-state index contributed by atoms with van der Waals surface area (Å²) in [6.07, 6.45) is 0. The van der Waals surface area contributed by atoms with E-state index in [1.54, 1.807) is 7.11 Å². The van der Waals surface area contributed by atoms with Crippen molar-refractivity contribution in [2.24, 2.45) is 0 Å². The average Bonchev–Trinajstić information content (AvgIpc) is 2.17. The van der Waals surface area contributed by atoms with E-state index in [9.17, 15) is 0 Å². The number of fused-ring (bicyclic) bond motifs is 1. The Morgan fingerprint density at radius 1 is 1.42 bits per heavy atom. The van der Waals surface area contributed by atoms with Gasteiger partial charge in [-0.15, -0.1) is 0 Å². The van der Waals surface area contributed by atoms with E-state index in [0.29, 0.717) is 0 Å². The van der Waals surface area contributed by atoms with Crippen LogP contribution in [0.15, 0.2) is 18.2 Å². The molecule has 0 aliphatic carbocycles. The van der Waals surface area contributed by atoms with Crippen molar-refractivity contribution < 1.29 is 4.74 Å². The Labute approximate surface area is 71.7 Å². The molecule has 1 aliphatic rings. The molecule has 3 nitrogen and oxygen atoms in total. The summed E-state index contributed by atoms with van der Waals surface area (Å²) in [4.78, 5) is 0. The van der Waals surface area contributed by atoms with E-state index in [2.05, 4.69) is 22.8 Å². The number of anilines is 1. The minimum absolute atomic E-state index is 0.847. The van der Waals surface area contributed by atoms with Gasteiger partial charge >= 0.3 is 0 Å². The zero-order chi connectivity index (χ0) is 8.39. The molecule has 1 aliphatic heterocycles. The Morgan fingerprint density at radius 2 is 2.33 bits per heavy atom. The Kier molecular flexibility index (Phi) is 1.87. The monoisotopic (exact) mass is 164 g/mol. The molecule has 0 atom stereocenters. The quantitative estimate of drug-likeness (QED) is 0.653. The molecule has 0 saturated heterocycles. The lowest BCUT2D eigenvalue weighted by molar-refractivity contribution is 0.414. The fourth-order valence-corrected chi connectivity index (χ4v) is 1.37. The van der Waals surface area contributed by atoms with Gasteiger partial charge in [0.1, 0.15) is 5.75 Å². The van der Waals surface area contributed by atoms with Crippen molar-refractivity contribution in [2.75, 3.05) is 19.1 Å². The Morgan fingerprint density at radius 3 is 3.17 bits per heavy atom. The predicted octanol–water partition coefficient (Wildman–Crippen LogP) is 1.17. The molecule has 64 valence electrons. The van der Waals surface area contributed by atoms with Gasteiger partial charge in [0.2, 0.25) is 0 Å². The molecule has 0 spiro atoms. The summed E-state index contributed by atoms with van der Waals surface area (Å²) in [6, 6.07) is 6.07. The topological polar surface area (TPSA) is 33.3 Å². The summed E-state index contributed by atoms with van der Waals surface area (Å²) in [5, 5.41) is 6.47. The highest BCUT2D eigenvalue weighted by Gasteiger charge is 2.07. The normalized spacial score (nSPS) is 14.8. The third kappa shape index (κ3) is 1.23. The maximum atomic E-state index is 5.12. The van der Waals surface area contributed by atoms with Crippen molar-refractivity contribution in [1.82, 2.24) is 5.32 Å². The highest BCUT2D eigenvalue weighted by molar-refractivity contribution is 5.55. The molecule has 0 unspecified atom stereocenters. The van der Waals surface area contributed by atoms with Crippen molar-refractivity contribution in [2.45, 2.75) is 6.54 Å². The standard InChI is InChI=1S/C9H12N2O/c1-12-8-2-3-9-7(4-8)5-10-6-11-9/h2-4,10-11H,5-6H2,1H3. The largest absolute Gasteiger partial charge is 0.497 e. The summed E-state index contributed by atoms with van der Waals surface area (Å²) in [5.41, 5.74) is 2.47. The molecule has 1 aromatic rings. The van der Waals surface area contributed by atoms with E-state index in [0.717, 1.165) is 19.0 Å². The maximum Gasteiger partial charge on any atom is 0.119 e. The first kappa shape index (κ1) is 7.43. The van der Waals surface area contributed by atoms with Gasteiger partial charge in [-0.3, -0.25) is 5.32 Å². The van der Waals surface area contributed by atoms with Gasteiger partial charge in [0.25, 0.3) is 0 Å². The first-order chi connectivity index (χ1) is 5.90. The first-order valence-electron chi connectivity index (χ1n) is 4.01. The summed E-state index contributed by atoms with van der Waals surface area (Å²) < 4.78 is 5.12. The fourth-order valence-electron chi connectivity index (χ4n) is 1.37. The smallest absolute Gasteiger partial charge is 0.119 e. The number of benzene rings is 1. The van der Waals surface area contributed by atoms with Gasteiger partial charge in [0.15, 0.2) is 0 Å². The number of nitrogens with one attached hydrogen (secondary N) is 2. The van der Waals surface area contributed by atoms with Crippen LogP contribution in [0.3, 0.4) is 0 Å². The van der Waals surface area contributed by atoms with Gasteiger partial charge in [0.05, 0.1) is 13.8 Å².